The number of nitrogens with zero attached hydrogens (tertiary/aromatic N) is 1. The Morgan fingerprint density at radius 2 is 2.10 bits per heavy atom. The van der Waals surface area contributed by atoms with E-state index in [1.165, 1.54) is 0 Å². The molecule has 50 valence electrons. The fourth-order valence-corrected chi connectivity index (χ4v) is 0.763. The van der Waals surface area contributed by atoms with E-state index < -0.39 is 0 Å². The van der Waals surface area contributed by atoms with Crippen molar-refractivity contribution in [1.82, 2.24) is 0 Å². The fraction of sp³-hybridized carbons (Fsp3) is 0.125. The highest BCUT2D eigenvalue weighted by atomic mass is 14.6. The quantitative estimate of drug-likeness (QED) is 0.457. The summed E-state index contributed by atoms with van der Waals surface area (Å²) in [5.41, 5.74) is 7.18. The number of rotatable bonds is 1. The summed E-state index contributed by atoms with van der Waals surface area (Å²) in [5, 5.41) is 0. The maximum Gasteiger partial charge on any atom is 0.241 e. The van der Waals surface area contributed by atoms with Gasteiger partial charge in [-0.2, -0.15) is 0 Å². The van der Waals surface area contributed by atoms with Crippen LogP contribution in [0.1, 0.15) is 5.56 Å². The number of hydrogen-bond donors (Lipinski definition) is 1. The van der Waals surface area contributed by atoms with E-state index in [9.17, 15) is 0 Å². The Morgan fingerprint density at radius 1 is 1.40 bits per heavy atom. The molecule has 0 atom stereocenters. The molecule has 10 heavy (non-hydrogen) atoms. The Morgan fingerprint density at radius 3 is 2.70 bits per heavy atom. The molecular formula is C8H8N2. The normalized spacial score (nSPS) is 8.70. The minimum atomic E-state index is 0.382. The Balaban J connectivity index is 2.94. The van der Waals surface area contributed by atoms with Crippen LogP contribution in [0.4, 0.5) is 5.69 Å². The smallest absolute Gasteiger partial charge is 0.241 e. The van der Waals surface area contributed by atoms with Crippen molar-refractivity contribution in [2.45, 2.75) is 6.54 Å². The molecule has 0 radical (unpaired) electrons. The minimum Gasteiger partial charge on any atom is -0.398 e. The van der Waals surface area contributed by atoms with Crippen molar-refractivity contribution in [3.8, 4) is 0 Å². The van der Waals surface area contributed by atoms with Crippen molar-refractivity contribution < 1.29 is 0 Å². The molecule has 1 aromatic carbocycles. The van der Waals surface area contributed by atoms with Crippen LogP contribution in [0.25, 0.3) is 4.85 Å². The number of nitrogen functional groups attached to an aromatic ring is 1. The average Bonchev–Trinajstić information content (AvgIpc) is 1.94. The second kappa shape index (κ2) is 2.88. The fourth-order valence-electron chi connectivity index (χ4n) is 0.763. The van der Waals surface area contributed by atoms with Gasteiger partial charge in [-0.1, -0.05) is 12.1 Å². The molecule has 0 aliphatic carbocycles. The molecule has 2 heteroatoms. The highest BCUT2D eigenvalue weighted by molar-refractivity contribution is 5.46. The molecule has 1 rings (SSSR count). The zero-order valence-electron chi connectivity index (χ0n) is 5.54. The SMILES string of the molecule is [C-]#[N+]Cc1ccccc1N. The lowest BCUT2D eigenvalue weighted by Crippen LogP contribution is -1.90. The van der Waals surface area contributed by atoms with Gasteiger partial charge in [0, 0.05) is 5.69 Å². The maximum atomic E-state index is 6.61. The first-order valence-electron chi connectivity index (χ1n) is 3.01. The lowest BCUT2D eigenvalue weighted by atomic mass is 10.2. The maximum absolute atomic E-state index is 6.61. The Labute approximate surface area is 60.1 Å². The van der Waals surface area contributed by atoms with Gasteiger partial charge in [0.2, 0.25) is 6.54 Å². The van der Waals surface area contributed by atoms with Crippen LogP contribution < -0.4 is 5.73 Å². The van der Waals surface area contributed by atoms with Crippen molar-refractivity contribution in [2.24, 2.45) is 0 Å². The first kappa shape index (κ1) is 6.63. The molecular weight excluding hydrogens is 124 g/mol. The molecule has 1 aromatic rings. The highest BCUT2D eigenvalue weighted by Crippen LogP contribution is 2.10. The third-order valence-electron chi connectivity index (χ3n) is 1.30. The van der Waals surface area contributed by atoms with Crippen LogP contribution >= 0.6 is 0 Å². The summed E-state index contributed by atoms with van der Waals surface area (Å²) in [6, 6.07) is 7.42. The summed E-state index contributed by atoms with van der Waals surface area (Å²) in [5.74, 6) is 0. The first-order valence-corrected chi connectivity index (χ1v) is 3.01. The van der Waals surface area contributed by atoms with E-state index in [2.05, 4.69) is 4.85 Å². The minimum absolute atomic E-state index is 0.382. The Hall–Kier alpha value is -1.49. The molecule has 0 aliphatic rings. The van der Waals surface area contributed by atoms with Crippen LogP contribution in [-0.2, 0) is 6.54 Å². The van der Waals surface area contributed by atoms with Crippen LogP contribution in [-0.4, -0.2) is 0 Å². The Bertz CT molecular complexity index is 260. The van der Waals surface area contributed by atoms with Crippen molar-refractivity contribution in [1.29, 1.82) is 0 Å². The van der Waals surface area contributed by atoms with E-state index in [1.807, 2.05) is 18.2 Å². The van der Waals surface area contributed by atoms with Gasteiger partial charge in [-0.05, 0) is 12.1 Å². The summed E-state index contributed by atoms with van der Waals surface area (Å²) in [6.45, 7) is 6.99. The highest BCUT2D eigenvalue weighted by Gasteiger charge is 1.96. The van der Waals surface area contributed by atoms with Gasteiger partial charge in [-0.15, -0.1) is 0 Å². The second-order valence-electron chi connectivity index (χ2n) is 2.02. The Kier molecular flexibility index (Phi) is 1.91. The van der Waals surface area contributed by atoms with E-state index >= 15 is 0 Å². The van der Waals surface area contributed by atoms with Gasteiger partial charge < -0.3 is 10.6 Å². The zero-order chi connectivity index (χ0) is 7.40. The van der Waals surface area contributed by atoms with E-state index in [1.54, 1.807) is 6.07 Å². The molecule has 0 spiro atoms. The van der Waals surface area contributed by atoms with E-state index in [-0.39, 0.29) is 0 Å². The lowest BCUT2D eigenvalue weighted by Gasteiger charge is -1.95. The van der Waals surface area contributed by atoms with Crippen LogP contribution in [0.15, 0.2) is 24.3 Å². The standard InChI is InChI=1S/C8H8N2/c1-10-6-7-4-2-3-5-8(7)9/h2-5H,6,9H2. The van der Waals surface area contributed by atoms with Gasteiger partial charge >= 0.3 is 0 Å². The monoisotopic (exact) mass is 132 g/mol. The van der Waals surface area contributed by atoms with Crippen molar-refractivity contribution in [2.75, 3.05) is 5.73 Å². The molecule has 0 aromatic heterocycles. The number of nitrogens with two attached hydrogens (primary N) is 1. The molecule has 0 unspecified atom stereocenters. The van der Waals surface area contributed by atoms with Gasteiger partial charge in [0.1, 0.15) is 0 Å². The number of para-hydroxylation sites is 1. The average molecular weight is 132 g/mol. The third-order valence-corrected chi connectivity index (χ3v) is 1.30. The van der Waals surface area contributed by atoms with Crippen molar-refractivity contribution in [3.63, 3.8) is 0 Å². The molecule has 2 nitrogen and oxygen atoms in total. The number of hydrogen-bond acceptors (Lipinski definition) is 1. The largest absolute Gasteiger partial charge is 0.398 e. The predicted octanol–water partition coefficient (Wildman–Crippen LogP) is 1.69. The number of benzene rings is 1. The van der Waals surface area contributed by atoms with E-state index in [0.717, 1.165) is 5.56 Å². The zero-order valence-corrected chi connectivity index (χ0v) is 5.54. The van der Waals surface area contributed by atoms with Gasteiger partial charge in [0.05, 0.1) is 5.56 Å². The summed E-state index contributed by atoms with van der Waals surface area (Å²) < 4.78 is 0. The lowest BCUT2D eigenvalue weighted by molar-refractivity contribution is 1.27. The molecule has 0 saturated heterocycles. The van der Waals surface area contributed by atoms with Gasteiger partial charge in [-0.25, -0.2) is 6.57 Å². The van der Waals surface area contributed by atoms with Gasteiger partial charge in [-0.3, -0.25) is 0 Å². The van der Waals surface area contributed by atoms with Crippen LogP contribution in [0.2, 0.25) is 0 Å². The van der Waals surface area contributed by atoms with E-state index in [0.29, 0.717) is 12.2 Å². The summed E-state index contributed by atoms with van der Waals surface area (Å²) in [7, 11) is 0. The predicted molar refractivity (Wildman–Crippen MR) is 41.2 cm³/mol. The molecule has 0 heterocycles. The third kappa shape index (κ3) is 1.26. The molecule has 0 bridgehead atoms. The summed E-state index contributed by atoms with van der Waals surface area (Å²) in [6.07, 6.45) is 0. The van der Waals surface area contributed by atoms with Gasteiger partial charge in [0.15, 0.2) is 0 Å². The first-order chi connectivity index (χ1) is 4.84. The van der Waals surface area contributed by atoms with Crippen LogP contribution in [0.5, 0.6) is 0 Å². The molecule has 0 amide bonds. The topological polar surface area (TPSA) is 30.4 Å². The van der Waals surface area contributed by atoms with E-state index in [4.69, 9.17) is 12.3 Å². The summed E-state index contributed by atoms with van der Waals surface area (Å²) >= 11 is 0. The number of anilines is 1. The molecule has 0 aliphatic heterocycles. The van der Waals surface area contributed by atoms with Crippen LogP contribution in [0, 0.1) is 6.57 Å². The van der Waals surface area contributed by atoms with Crippen molar-refractivity contribution in [3.05, 3.63) is 41.2 Å². The molecule has 0 saturated carbocycles. The van der Waals surface area contributed by atoms with Gasteiger partial charge in [0.25, 0.3) is 0 Å². The molecule has 2 N–H and O–H groups in total. The summed E-state index contributed by atoms with van der Waals surface area (Å²) in [4.78, 5) is 3.24. The second-order valence-corrected chi connectivity index (χ2v) is 2.02. The van der Waals surface area contributed by atoms with Crippen molar-refractivity contribution >= 4 is 5.69 Å². The van der Waals surface area contributed by atoms with Crippen LogP contribution in [0.3, 0.4) is 0 Å². The molecule has 0 fully saturated rings.